The minimum Gasteiger partial charge on any atom is -0.464 e. The van der Waals surface area contributed by atoms with Crippen molar-refractivity contribution in [3.8, 4) is 0 Å². The van der Waals surface area contributed by atoms with E-state index in [0.29, 0.717) is 13.2 Å². The Balaban J connectivity index is 2.56. The van der Waals surface area contributed by atoms with Gasteiger partial charge in [0.05, 0.1) is 18.8 Å². The van der Waals surface area contributed by atoms with Crippen LogP contribution in [-0.2, 0) is 19.1 Å². The Morgan fingerprint density at radius 1 is 1.24 bits per heavy atom. The van der Waals surface area contributed by atoms with Gasteiger partial charge >= 0.3 is 11.9 Å². The molecule has 0 bridgehead atoms. The summed E-state index contributed by atoms with van der Waals surface area (Å²) < 4.78 is 9.72. The van der Waals surface area contributed by atoms with Crippen LogP contribution in [0.25, 0.3) is 0 Å². The summed E-state index contributed by atoms with van der Waals surface area (Å²) in [7, 11) is 0. The van der Waals surface area contributed by atoms with Gasteiger partial charge in [0.15, 0.2) is 6.04 Å². The average molecular weight is 241 g/mol. The van der Waals surface area contributed by atoms with E-state index in [4.69, 9.17) is 9.47 Å². The normalized spacial score (nSPS) is 21.4. The van der Waals surface area contributed by atoms with Crippen LogP contribution in [-0.4, -0.2) is 41.6 Å². The Morgan fingerprint density at radius 2 is 1.82 bits per heavy atom. The quantitative estimate of drug-likeness (QED) is 0.409. The fourth-order valence-electron chi connectivity index (χ4n) is 1.75. The van der Waals surface area contributed by atoms with E-state index in [2.05, 4.69) is 0 Å². The van der Waals surface area contributed by atoms with Crippen molar-refractivity contribution in [3.05, 3.63) is 12.3 Å². The van der Waals surface area contributed by atoms with Crippen molar-refractivity contribution in [2.45, 2.75) is 39.3 Å². The van der Waals surface area contributed by atoms with Crippen LogP contribution in [0.3, 0.4) is 0 Å². The molecule has 5 heteroatoms. The Hall–Kier alpha value is -1.52. The summed E-state index contributed by atoms with van der Waals surface area (Å²) in [6.45, 7) is 8.06. The summed E-state index contributed by atoms with van der Waals surface area (Å²) >= 11 is 0. The Bertz CT molecular complexity index is 335. The first kappa shape index (κ1) is 13.5. The number of hydrogen-bond donors (Lipinski definition) is 0. The second-order valence-corrected chi connectivity index (χ2v) is 4.28. The highest BCUT2D eigenvalue weighted by atomic mass is 16.5. The van der Waals surface area contributed by atoms with Gasteiger partial charge in [0.25, 0.3) is 0 Å². The van der Waals surface area contributed by atoms with Gasteiger partial charge < -0.3 is 14.4 Å². The van der Waals surface area contributed by atoms with Gasteiger partial charge in [-0.1, -0.05) is 0 Å². The van der Waals surface area contributed by atoms with E-state index in [1.165, 1.54) is 6.08 Å². The van der Waals surface area contributed by atoms with E-state index < -0.39 is 5.97 Å². The van der Waals surface area contributed by atoms with Crippen LogP contribution in [0.2, 0.25) is 0 Å². The second-order valence-electron chi connectivity index (χ2n) is 4.28. The molecule has 0 spiro atoms. The fourth-order valence-corrected chi connectivity index (χ4v) is 1.75. The van der Waals surface area contributed by atoms with Crippen LogP contribution in [0.15, 0.2) is 12.3 Å². The van der Waals surface area contributed by atoms with Crippen LogP contribution < -0.4 is 0 Å². The van der Waals surface area contributed by atoms with Crippen molar-refractivity contribution in [3.63, 3.8) is 0 Å². The molecule has 17 heavy (non-hydrogen) atoms. The first-order chi connectivity index (χ1) is 7.95. The minimum atomic E-state index is -0.405. The molecule has 1 rings (SSSR count). The number of rotatable bonds is 5. The van der Waals surface area contributed by atoms with E-state index in [9.17, 15) is 9.59 Å². The zero-order valence-electron chi connectivity index (χ0n) is 10.7. The molecule has 0 aromatic rings. The number of esters is 2. The molecule has 1 saturated heterocycles. The molecule has 1 fully saturated rings. The van der Waals surface area contributed by atoms with Gasteiger partial charge in [0.1, 0.15) is 0 Å². The van der Waals surface area contributed by atoms with Crippen LogP contribution in [0.1, 0.15) is 27.7 Å². The van der Waals surface area contributed by atoms with E-state index in [1.807, 2.05) is 13.8 Å². The summed E-state index contributed by atoms with van der Waals surface area (Å²) in [5.74, 6) is -0.663. The molecule has 0 aliphatic carbocycles. The molecule has 0 N–H and O–H groups in total. The van der Waals surface area contributed by atoms with Gasteiger partial charge in [-0.15, -0.1) is 0 Å². The first-order valence-corrected chi connectivity index (χ1v) is 5.75. The predicted molar refractivity (Wildman–Crippen MR) is 62.1 cm³/mol. The summed E-state index contributed by atoms with van der Waals surface area (Å²) in [4.78, 5) is 24.5. The number of ether oxygens (including phenoxy) is 2. The molecule has 0 radical (unpaired) electrons. The van der Waals surface area contributed by atoms with Gasteiger partial charge in [-0.25, -0.2) is 9.59 Å². The Kier molecular flexibility index (Phi) is 4.15. The smallest absolute Gasteiger partial charge is 0.332 e. The van der Waals surface area contributed by atoms with Crippen molar-refractivity contribution >= 4 is 11.9 Å². The molecule has 1 heterocycles. The summed E-state index contributed by atoms with van der Waals surface area (Å²) in [6.07, 6.45) is 2.91. The van der Waals surface area contributed by atoms with Crippen LogP contribution in [0.4, 0.5) is 0 Å². The molecule has 0 aromatic heterocycles. The average Bonchev–Trinajstić information content (AvgIpc) is 2.78. The highest BCUT2D eigenvalue weighted by Gasteiger charge is 2.59. The molecular formula is C12H19NO4. The third-order valence-electron chi connectivity index (χ3n) is 2.71. The van der Waals surface area contributed by atoms with Crippen LogP contribution in [0.5, 0.6) is 0 Å². The summed E-state index contributed by atoms with van der Waals surface area (Å²) in [5, 5.41) is 0. The van der Waals surface area contributed by atoms with Crippen LogP contribution in [0, 0.1) is 0 Å². The third-order valence-corrected chi connectivity index (χ3v) is 2.71. The van der Waals surface area contributed by atoms with Gasteiger partial charge in [0, 0.05) is 12.3 Å². The first-order valence-electron chi connectivity index (χ1n) is 5.75. The minimum absolute atomic E-state index is 0.258. The molecule has 5 nitrogen and oxygen atoms in total. The summed E-state index contributed by atoms with van der Waals surface area (Å²) in [6, 6.07) is -0.312. The SMILES string of the molecule is CCOC(=O)/C=C\N1C(C(=O)OCC)C1(C)C. The molecule has 1 atom stereocenters. The lowest BCUT2D eigenvalue weighted by atomic mass is 10.1. The van der Waals surface area contributed by atoms with Crippen LogP contribution >= 0.6 is 0 Å². The maximum Gasteiger partial charge on any atom is 0.332 e. The van der Waals surface area contributed by atoms with Gasteiger partial charge in [0.2, 0.25) is 0 Å². The maximum atomic E-state index is 11.6. The second kappa shape index (κ2) is 5.21. The number of carbonyl (C=O) groups is 2. The molecule has 1 aliphatic rings. The lowest BCUT2D eigenvalue weighted by Gasteiger charge is -2.00. The van der Waals surface area contributed by atoms with E-state index in [0.717, 1.165) is 0 Å². The van der Waals surface area contributed by atoms with Gasteiger partial charge in [-0.3, -0.25) is 0 Å². The maximum absolute atomic E-state index is 11.6. The van der Waals surface area contributed by atoms with Gasteiger partial charge in [-0.05, 0) is 27.7 Å². The van der Waals surface area contributed by atoms with Crippen molar-refractivity contribution in [1.82, 2.24) is 4.90 Å². The molecular weight excluding hydrogens is 222 g/mol. The zero-order chi connectivity index (χ0) is 13.1. The number of nitrogens with zero attached hydrogens (tertiary/aromatic N) is 1. The number of hydrogen-bond acceptors (Lipinski definition) is 5. The van der Waals surface area contributed by atoms with Gasteiger partial charge in [-0.2, -0.15) is 0 Å². The Labute approximate surface area is 101 Å². The van der Waals surface area contributed by atoms with Crippen molar-refractivity contribution in [2.24, 2.45) is 0 Å². The fraction of sp³-hybridized carbons (Fsp3) is 0.667. The largest absolute Gasteiger partial charge is 0.464 e. The third kappa shape index (κ3) is 2.99. The van der Waals surface area contributed by atoms with E-state index in [-0.39, 0.29) is 17.6 Å². The highest BCUT2D eigenvalue weighted by molar-refractivity contribution is 5.84. The molecule has 0 amide bonds. The topological polar surface area (TPSA) is 55.6 Å². The lowest BCUT2D eigenvalue weighted by molar-refractivity contribution is -0.143. The van der Waals surface area contributed by atoms with Crippen molar-refractivity contribution in [2.75, 3.05) is 13.2 Å². The standard InChI is InChI=1S/C12H19NO4/c1-5-16-9(14)7-8-13-10(12(13,3)4)11(15)17-6-2/h7-8,10H,5-6H2,1-4H3/b8-7-. The van der Waals surface area contributed by atoms with E-state index >= 15 is 0 Å². The zero-order valence-corrected chi connectivity index (χ0v) is 10.7. The van der Waals surface area contributed by atoms with E-state index in [1.54, 1.807) is 24.9 Å². The molecule has 1 unspecified atom stereocenters. The van der Waals surface area contributed by atoms with Crippen molar-refractivity contribution in [1.29, 1.82) is 0 Å². The summed E-state index contributed by atoms with van der Waals surface area (Å²) in [5.41, 5.74) is -0.296. The molecule has 0 aromatic carbocycles. The highest BCUT2D eigenvalue weighted by Crippen LogP contribution is 2.41. The Morgan fingerprint density at radius 3 is 2.35 bits per heavy atom. The molecule has 1 aliphatic heterocycles. The molecule has 96 valence electrons. The number of carbonyl (C=O) groups excluding carboxylic acids is 2. The predicted octanol–water partition coefficient (Wildman–Crippen LogP) is 1.09. The lowest BCUT2D eigenvalue weighted by Crippen LogP contribution is -2.17. The monoisotopic (exact) mass is 241 g/mol. The van der Waals surface area contributed by atoms with Crippen molar-refractivity contribution < 1.29 is 19.1 Å². The molecule has 0 saturated carbocycles.